The molecule has 2 aromatic carbocycles. The molecular weight excluding hydrogens is 444 g/mol. The minimum atomic E-state index is -0.802. The van der Waals surface area contributed by atoms with Crippen molar-refractivity contribution in [3.05, 3.63) is 80.4 Å². The van der Waals surface area contributed by atoms with Gasteiger partial charge in [-0.1, -0.05) is 64.6 Å². The molecule has 0 spiro atoms. The Bertz CT molecular complexity index is 1040. The number of urea groups is 1. The first-order valence-corrected chi connectivity index (χ1v) is 9.35. The van der Waals surface area contributed by atoms with Crippen LogP contribution in [0.3, 0.4) is 0 Å². The highest BCUT2D eigenvalue weighted by atomic mass is 35.5. The molecule has 142 valence electrons. The molecule has 0 saturated heterocycles. The molecule has 0 aliphatic rings. The molecule has 2 N–H and O–H groups in total. The predicted octanol–water partition coefficient (Wildman–Crippen LogP) is 6.32. The lowest BCUT2D eigenvalue weighted by Crippen LogP contribution is -2.34. The highest BCUT2D eigenvalue weighted by Gasteiger charge is 2.17. The summed E-state index contributed by atoms with van der Waals surface area (Å²) in [4.78, 5) is 28.4. The van der Waals surface area contributed by atoms with Crippen molar-refractivity contribution in [3.63, 3.8) is 0 Å². The first kappa shape index (κ1) is 20.4. The average Bonchev–Trinajstić information content (AvgIpc) is 2.62. The number of nitrogens with one attached hydrogen (secondary N) is 2. The van der Waals surface area contributed by atoms with Crippen LogP contribution in [0.2, 0.25) is 20.2 Å². The molecule has 3 amide bonds. The monoisotopic (exact) mass is 453 g/mol. The number of carbonyl (C=O) groups is 2. The van der Waals surface area contributed by atoms with Gasteiger partial charge in [0.2, 0.25) is 0 Å². The van der Waals surface area contributed by atoms with Crippen molar-refractivity contribution in [2.45, 2.75) is 0 Å². The fourth-order valence-corrected chi connectivity index (χ4v) is 3.33. The Kier molecular flexibility index (Phi) is 6.42. The van der Waals surface area contributed by atoms with Crippen LogP contribution in [0, 0.1) is 0 Å². The van der Waals surface area contributed by atoms with Crippen molar-refractivity contribution in [1.29, 1.82) is 0 Å². The quantitative estimate of drug-likeness (QED) is 0.454. The second-order valence-corrected chi connectivity index (χ2v) is 7.16. The Morgan fingerprint density at radius 2 is 1.46 bits per heavy atom. The molecule has 28 heavy (non-hydrogen) atoms. The Labute approximate surface area is 180 Å². The summed E-state index contributed by atoms with van der Waals surface area (Å²) in [5.41, 5.74) is 1.50. The van der Waals surface area contributed by atoms with Gasteiger partial charge < -0.3 is 0 Å². The standard InChI is InChI=1S/C19H11Cl4N3O2/c20-11-6-4-10(5-7-11)12-8-9-15(24-17(12)23)25-19(28)26-18(27)16-13(21)2-1-3-14(16)22/h1-9H,(H2,24,25,26,27,28). The number of hydrogen-bond donors (Lipinski definition) is 2. The van der Waals surface area contributed by atoms with Crippen molar-refractivity contribution in [3.8, 4) is 11.1 Å². The van der Waals surface area contributed by atoms with Crippen LogP contribution in [0.5, 0.6) is 0 Å². The van der Waals surface area contributed by atoms with Gasteiger partial charge in [0, 0.05) is 10.6 Å². The molecule has 5 nitrogen and oxygen atoms in total. The minimum absolute atomic E-state index is 0.00469. The second kappa shape index (κ2) is 8.80. The van der Waals surface area contributed by atoms with Crippen molar-refractivity contribution in [2.24, 2.45) is 0 Å². The molecule has 0 radical (unpaired) electrons. The Morgan fingerprint density at radius 1 is 0.821 bits per heavy atom. The van der Waals surface area contributed by atoms with Crippen LogP contribution < -0.4 is 10.6 Å². The zero-order valence-corrected chi connectivity index (χ0v) is 17.0. The third-order valence-corrected chi connectivity index (χ3v) is 4.83. The largest absolute Gasteiger partial charge is 0.327 e. The summed E-state index contributed by atoms with van der Waals surface area (Å²) < 4.78 is 0. The van der Waals surface area contributed by atoms with E-state index in [-0.39, 0.29) is 26.6 Å². The lowest BCUT2D eigenvalue weighted by atomic mass is 10.1. The van der Waals surface area contributed by atoms with E-state index in [1.807, 2.05) is 0 Å². The first-order valence-electron chi connectivity index (χ1n) is 7.84. The van der Waals surface area contributed by atoms with Gasteiger partial charge in [-0.2, -0.15) is 0 Å². The molecule has 0 saturated carbocycles. The highest BCUT2D eigenvalue weighted by molar-refractivity contribution is 6.40. The maximum absolute atomic E-state index is 12.2. The van der Waals surface area contributed by atoms with Gasteiger partial charge >= 0.3 is 6.03 Å². The summed E-state index contributed by atoms with van der Waals surface area (Å²) in [5, 5.41) is 5.62. The zero-order chi connectivity index (χ0) is 20.3. The summed E-state index contributed by atoms with van der Waals surface area (Å²) >= 11 is 24.0. The lowest BCUT2D eigenvalue weighted by Gasteiger charge is -2.10. The maximum Gasteiger partial charge on any atom is 0.327 e. The fourth-order valence-electron chi connectivity index (χ4n) is 2.38. The SMILES string of the molecule is O=C(NC(=O)c1c(Cl)cccc1Cl)Nc1ccc(-c2ccc(Cl)cc2)c(Cl)n1. The Hall–Kier alpha value is -2.31. The number of amides is 3. The number of aromatic nitrogens is 1. The van der Waals surface area contributed by atoms with Crippen LogP contribution >= 0.6 is 46.4 Å². The van der Waals surface area contributed by atoms with E-state index in [0.717, 1.165) is 5.56 Å². The van der Waals surface area contributed by atoms with Crippen LogP contribution in [0.25, 0.3) is 11.1 Å². The number of imide groups is 1. The van der Waals surface area contributed by atoms with Gasteiger partial charge in [0.1, 0.15) is 11.0 Å². The summed E-state index contributed by atoms with van der Waals surface area (Å²) in [5.74, 6) is -0.574. The van der Waals surface area contributed by atoms with Crippen molar-refractivity contribution in [1.82, 2.24) is 10.3 Å². The van der Waals surface area contributed by atoms with Gasteiger partial charge in [0.25, 0.3) is 5.91 Å². The molecule has 0 unspecified atom stereocenters. The summed E-state index contributed by atoms with van der Waals surface area (Å²) in [6, 6.07) is 14.1. The molecule has 3 aromatic rings. The number of pyridine rings is 1. The van der Waals surface area contributed by atoms with E-state index in [2.05, 4.69) is 15.6 Å². The van der Waals surface area contributed by atoms with Gasteiger partial charge in [-0.3, -0.25) is 15.4 Å². The summed E-state index contributed by atoms with van der Waals surface area (Å²) in [6.07, 6.45) is 0. The molecule has 0 aliphatic heterocycles. The number of carbonyl (C=O) groups excluding carboxylic acids is 2. The minimum Gasteiger partial charge on any atom is -0.292 e. The van der Waals surface area contributed by atoms with Crippen LogP contribution in [-0.2, 0) is 0 Å². The van der Waals surface area contributed by atoms with E-state index >= 15 is 0 Å². The first-order chi connectivity index (χ1) is 13.3. The number of anilines is 1. The predicted molar refractivity (Wildman–Crippen MR) is 113 cm³/mol. The van der Waals surface area contributed by atoms with Crippen molar-refractivity contribution >= 4 is 64.2 Å². The van der Waals surface area contributed by atoms with Crippen LogP contribution in [0.15, 0.2) is 54.6 Å². The van der Waals surface area contributed by atoms with Crippen molar-refractivity contribution < 1.29 is 9.59 Å². The van der Waals surface area contributed by atoms with Gasteiger partial charge in [-0.15, -0.1) is 0 Å². The fraction of sp³-hybridized carbons (Fsp3) is 0. The Balaban J connectivity index is 1.71. The third kappa shape index (κ3) is 4.75. The van der Waals surface area contributed by atoms with E-state index in [1.54, 1.807) is 42.5 Å². The van der Waals surface area contributed by atoms with Crippen LogP contribution in [0.4, 0.5) is 10.6 Å². The number of benzene rings is 2. The normalized spacial score (nSPS) is 10.4. The molecule has 0 bridgehead atoms. The van der Waals surface area contributed by atoms with Gasteiger partial charge in [0.05, 0.1) is 15.6 Å². The van der Waals surface area contributed by atoms with E-state index in [9.17, 15) is 9.59 Å². The number of halogens is 4. The van der Waals surface area contributed by atoms with Gasteiger partial charge in [0.15, 0.2) is 0 Å². The number of hydrogen-bond acceptors (Lipinski definition) is 3. The molecule has 0 aliphatic carbocycles. The molecule has 1 aromatic heterocycles. The molecule has 0 fully saturated rings. The zero-order valence-electron chi connectivity index (χ0n) is 14.0. The number of nitrogens with zero attached hydrogens (tertiary/aromatic N) is 1. The van der Waals surface area contributed by atoms with Gasteiger partial charge in [-0.05, 0) is 42.0 Å². The van der Waals surface area contributed by atoms with Crippen LogP contribution in [-0.4, -0.2) is 16.9 Å². The Morgan fingerprint density at radius 3 is 2.07 bits per heavy atom. The van der Waals surface area contributed by atoms with Crippen molar-refractivity contribution in [2.75, 3.05) is 5.32 Å². The molecule has 0 atom stereocenters. The van der Waals surface area contributed by atoms with Crippen LogP contribution in [0.1, 0.15) is 10.4 Å². The average molecular weight is 455 g/mol. The smallest absolute Gasteiger partial charge is 0.292 e. The summed E-state index contributed by atoms with van der Waals surface area (Å²) in [7, 11) is 0. The number of rotatable bonds is 3. The molecule has 3 rings (SSSR count). The third-order valence-electron chi connectivity index (χ3n) is 3.66. The topological polar surface area (TPSA) is 71.1 Å². The molecule has 1 heterocycles. The van der Waals surface area contributed by atoms with E-state index in [1.165, 1.54) is 12.1 Å². The lowest BCUT2D eigenvalue weighted by molar-refractivity contribution is 0.0967. The molecular formula is C19H11Cl4N3O2. The summed E-state index contributed by atoms with van der Waals surface area (Å²) in [6.45, 7) is 0. The van der Waals surface area contributed by atoms with E-state index < -0.39 is 11.9 Å². The maximum atomic E-state index is 12.2. The van der Waals surface area contributed by atoms with Gasteiger partial charge in [-0.25, -0.2) is 9.78 Å². The molecule has 9 heteroatoms. The van der Waals surface area contributed by atoms with E-state index in [0.29, 0.717) is 10.6 Å². The highest BCUT2D eigenvalue weighted by Crippen LogP contribution is 2.29. The second-order valence-electron chi connectivity index (χ2n) is 5.55. The van der Waals surface area contributed by atoms with E-state index in [4.69, 9.17) is 46.4 Å².